The zero-order chi connectivity index (χ0) is 14.8. The summed E-state index contributed by atoms with van der Waals surface area (Å²) in [5, 5.41) is 9.47. The largest absolute Gasteiger partial charge is 0.508 e. The fourth-order valence-corrected chi connectivity index (χ4v) is 2.60. The van der Waals surface area contributed by atoms with Gasteiger partial charge in [0.2, 0.25) is 0 Å². The number of aromatic hydroxyl groups is 1. The molecular weight excluding hydrogens is 256 g/mol. The summed E-state index contributed by atoms with van der Waals surface area (Å²) < 4.78 is 0. The normalized spacial score (nSPS) is 10.6. The van der Waals surface area contributed by atoms with Crippen LogP contribution in [0.5, 0.6) is 5.75 Å². The second-order valence-corrected chi connectivity index (χ2v) is 5.47. The Hall–Kier alpha value is -2.54. The van der Waals surface area contributed by atoms with E-state index < -0.39 is 0 Å². The van der Waals surface area contributed by atoms with Crippen LogP contribution in [0, 0.1) is 13.8 Å². The molecular formula is C20H18O. The van der Waals surface area contributed by atoms with Gasteiger partial charge in [0.05, 0.1) is 0 Å². The Bertz CT molecular complexity index is 770. The van der Waals surface area contributed by atoms with Crippen molar-refractivity contribution in [3.63, 3.8) is 0 Å². The van der Waals surface area contributed by atoms with Gasteiger partial charge in [-0.15, -0.1) is 0 Å². The number of hydrogen-bond acceptors (Lipinski definition) is 1. The summed E-state index contributed by atoms with van der Waals surface area (Å²) in [4.78, 5) is 0. The molecule has 0 aromatic heterocycles. The molecule has 1 N–H and O–H groups in total. The molecule has 0 heterocycles. The van der Waals surface area contributed by atoms with Gasteiger partial charge in [-0.1, -0.05) is 65.7 Å². The molecule has 0 saturated heterocycles. The quantitative estimate of drug-likeness (QED) is 0.668. The summed E-state index contributed by atoms with van der Waals surface area (Å²) in [6.45, 7) is 4.22. The maximum atomic E-state index is 9.47. The number of phenolic OH excluding ortho intramolecular Hbond substituents is 1. The number of phenols is 1. The van der Waals surface area contributed by atoms with Crippen LogP contribution in [0.2, 0.25) is 0 Å². The zero-order valence-corrected chi connectivity index (χ0v) is 12.3. The zero-order valence-electron chi connectivity index (χ0n) is 12.3. The number of benzene rings is 3. The summed E-state index contributed by atoms with van der Waals surface area (Å²) in [6, 6.07) is 22.4. The van der Waals surface area contributed by atoms with E-state index in [9.17, 15) is 5.11 Å². The number of aryl methyl sites for hydroxylation is 2. The van der Waals surface area contributed by atoms with Gasteiger partial charge in [0.15, 0.2) is 0 Å². The maximum absolute atomic E-state index is 9.47. The molecule has 0 aliphatic rings. The highest BCUT2D eigenvalue weighted by molar-refractivity contribution is 5.84. The monoisotopic (exact) mass is 274 g/mol. The lowest BCUT2D eigenvalue weighted by Crippen LogP contribution is -1.87. The lowest BCUT2D eigenvalue weighted by atomic mass is 9.92. The van der Waals surface area contributed by atoms with Crippen LogP contribution < -0.4 is 0 Å². The minimum atomic E-state index is 0.294. The van der Waals surface area contributed by atoms with E-state index in [1.807, 2.05) is 12.1 Å². The fraction of sp³-hybridized carbons (Fsp3) is 0.100. The molecule has 0 fully saturated rings. The summed E-state index contributed by atoms with van der Waals surface area (Å²) in [5.41, 5.74) is 7.25. The molecule has 3 aromatic carbocycles. The summed E-state index contributed by atoms with van der Waals surface area (Å²) in [5.74, 6) is 0.294. The van der Waals surface area contributed by atoms with Crippen molar-refractivity contribution < 1.29 is 5.11 Å². The van der Waals surface area contributed by atoms with Crippen molar-refractivity contribution in [2.45, 2.75) is 13.8 Å². The number of hydrogen-bond donors (Lipinski definition) is 1. The smallest absolute Gasteiger partial charge is 0.115 e. The van der Waals surface area contributed by atoms with Crippen LogP contribution in [-0.4, -0.2) is 5.11 Å². The molecule has 0 atom stereocenters. The minimum absolute atomic E-state index is 0.294. The Balaban J connectivity index is 2.20. The van der Waals surface area contributed by atoms with Gasteiger partial charge in [0.1, 0.15) is 5.75 Å². The van der Waals surface area contributed by atoms with E-state index in [4.69, 9.17) is 0 Å². The molecule has 0 amide bonds. The van der Waals surface area contributed by atoms with E-state index in [-0.39, 0.29) is 0 Å². The highest BCUT2D eigenvalue weighted by Gasteiger charge is 2.08. The van der Waals surface area contributed by atoms with Crippen molar-refractivity contribution in [2.75, 3.05) is 0 Å². The average Bonchev–Trinajstić information content (AvgIpc) is 2.48. The van der Waals surface area contributed by atoms with Gasteiger partial charge in [-0.2, -0.15) is 0 Å². The first kappa shape index (κ1) is 13.4. The van der Waals surface area contributed by atoms with Crippen LogP contribution in [0.3, 0.4) is 0 Å². The van der Waals surface area contributed by atoms with Crippen LogP contribution in [0.4, 0.5) is 0 Å². The van der Waals surface area contributed by atoms with Gasteiger partial charge in [-0.3, -0.25) is 0 Å². The third-order valence-electron chi connectivity index (χ3n) is 3.68. The molecule has 0 aliphatic carbocycles. The molecule has 1 heteroatoms. The highest BCUT2D eigenvalue weighted by atomic mass is 16.3. The van der Waals surface area contributed by atoms with Crippen molar-refractivity contribution in [1.82, 2.24) is 0 Å². The number of rotatable bonds is 2. The van der Waals surface area contributed by atoms with E-state index in [2.05, 4.69) is 56.3 Å². The SMILES string of the molecule is Cc1cccc(-c2cc(C)ccc2-c2ccc(O)cc2)c1. The van der Waals surface area contributed by atoms with Crippen molar-refractivity contribution in [1.29, 1.82) is 0 Å². The van der Waals surface area contributed by atoms with Gasteiger partial charge < -0.3 is 5.11 Å². The molecule has 0 spiro atoms. The molecule has 3 rings (SSSR count). The first-order valence-electron chi connectivity index (χ1n) is 7.10. The molecule has 21 heavy (non-hydrogen) atoms. The van der Waals surface area contributed by atoms with Gasteiger partial charge in [-0.05, 0) is 48.2 Å². The lowest BCUT2D eigenvalue weighted by molar-refractivity contribution is 0.475. The Kier molecular flexibility index (Phi) is 3.49. The molecule has 0 unspecified atom stereocenters. The second kappa shape index (κ2) is 5.45. The lowest BCUT2D eigenvalue weighted by Gasteiger charge is -2.12. The van der Waals surface area contributed by atoms with Gasteiger partial charge in [0.25, 0.3) is 0 Å². The van der Waals surface area contributed by atoms with E-state index in [1.54, 1.807) is 12.1 Å². The van der Waals surface area contributed by atoms with Crippen LogP contribution >= 0.6 is 0 Å². The first-order valence-corrected chi connectivity index (χ1v) is 7.10. The third-order valence-corrected chi connectivity index (χ3v) is 3.68. The van der Waals surface area contributed by atoms with E-state index in [0.717, 1.165) is 5.56 Å². The van der Waals surface area contributed by atoms with Crippen molar-refractivity contribution >= 4 is 0 Å². The molecule has 104 valence electrons. The summed E-state index contributed by atoms with van der Waals surface area (Å²) in [6.07, 6.45) is 0. The van der Waals surface area contributed by atoms with Gasteiger partial charge >= 0.3 is 0 Å². The summed E-state index contributed by atoms with van der Waals surface area (Å²) >= 11 is 0. The van der Waals surface area contributed by atoms with E-state index in [0.29, 0.717) is 5.75 Å². The topological polar surface area (TPSA) is 20.2 Å². The molecule has 3 aromatic rings. The fourth-order valence-electron chi connectivity index (χ4n) is 2.60. The van der Waals surface area contributed by atoms with E-state index >= 15 is 0 Å². The van der Waals surface area contributed by atoms with Crippen molar-refractivity contribution in [3.8, 4) is 28.0 Å². The Morgan fingerprint density at radius 2 is 1.33 bits per heavy atom. The maximum Gasteiger partial charge on any atom is 0.115 e. The molecule has 0 saturated carbocycles. The third kappa shape index (κ3) is 2.82. The van der Waals surface area contributed by atoms with Gasteiger partial charge in [0, 0.05) is 0 Å². The summed E-state index contributed by atoms with van der Waals surface area (Å²) in [7, 11) is 0. The Morgan fingerprint density at radius 1 is 0.619 bits per heavy atom. The molecule has 0 aliphatic heterocycles. The van der Waals surface area contributed by atoms with Crippen molar-refractivity contribution in [3.05, 3.63) is 77.9 Å². The Labute approximate surface area is 125 Å². The van der Waals surface area contributed by atoms with E-state index in [1.165, 1.54) is 27.8 Å². The first-order chi connectivity index (χ1) is 10.1. The highest BCUT2D eigenvalue weighted by Crippen LogP contribution is 2.33. The minimum Gasteiger partial charge on any atom is -0.508 e. The average molecular weight is 274 g/mol. The second-order valence-electron chi connectivity index (χ2n) is 5.47. The molecule has 0 radical (unpaired) electrons. The van der Waals surface area contributed by atoms with Crippen molar-refractivity contribution in [2.24, 2.45) is 0 Å². The van der Waals surface area contributed by atoms with Crippen LogP contribution in [0.1, 0.15) is 11.1 Å². The molecule has 1 nitrogen and oxygen atoms in total. The van der Waals surface area contributed by atoms with Crippen LogP contribution in [-0.2, 0) is 0 Å². The standard InChI is InChI=1S/C20H18O/c1-14-4-3-5-17(12-14)20-13-15(2)6-11-19(20)16-7-9-18(21)10-8-16/h3-13,21H,1-2H3. The van der Waals surface area contributed by atoms with Gasteiger partial charge in [-0.25, -0.2) is 0 Å². The Morgan fingerprint density at radius 3 is 2.05 bits per heavy atom. The predicted octanol–water partition coefficient (Wildman–Crippen LogP) is 5.34. The van der Waals surface area contributed by atoms with Crippen LogP contribution in [0.15, 0.2) is 66.7 Å². The predicted molar refractivity (Wildman–Crippen MR) is 88.5 cm³/mol. The molecule has 0 bridgehead atoms. The van der Waals surface area contributed by atoms with Crippen LogP contribution in [0.25, 0.3) is 22.3 Å².